The number of hydrogen-bond acceptors (Lipinski definition) is 2. The van der Waals surface area contributed by atoms with Gasteiger partial charge in [0.05, 0.1) is 14.9 Å². The second-order valence-corrected chi connectivity index (χ2v) is 7.84. The van der Waals surface area contributed by atoms with Gasteiger partial charge in [-0.3, -0.25) is 0 Å². The molecule has 0 bridgehead atoms. The zero-order valence-corrected chi connectivity index (χ0v) is 13.3. The highest BCUT2D eigenvalue weighted by Gasteiger charge is 2.29. The molecule has 0 saturated carbocycles. The standard InChI is InChI=1S/C13H17Cl2NO2S/c1-9-3-5-16(6-4-9)19(17,18)13-8-12(15)11(14)7-10(13)2/h7-9H,3-6H2,1-2H3. The number of benzene rings is 1. The van der Waals surface area contributed by atoms with Gasteiger partial charge < -0.3 is 0 Å². The van der Waals surface area contributed by atoms with Gasteiger partial charge in [-0.15, -0.1) is 0 Å². The summed E-state index contributed by atoms with van der Waals surface area (Å²) in [4.78, 5) is 0.261. The van der Waals surface area contributed by atoms with Gasteiger partial charge in [-0.25, -0.2) is 8.42 Å². The first kappa shape index (κ1) is 15.1. The zero-order valence-electron chi connectivity index (χ0n) is 11.0. The predicted molar refractivity (Wildman–Crippen MR) is 78.4 cm³/mol. The van der Waals surface area contributed by atoms with Crippen molar-refractivity contribution in [2.75, 3.05) is 13.1 Å². The second kappa shape index (κ2) is 5.60. The van der Waals surface area contributed by atoms with Crippen molar-refractivity contribution in [1.29, 1.82) is 0 Å². The van der Waals surface area contributed by atoms with Crippen molar-refractivity contribution in [3.63, 3.8) is 0 Å². The van der Waals surface area contributed by atoms with E-state index in [1.165, 1.54) is 6.07 Å². The Morgan fingerprint density at radius 1 is 1.16 bits per heavy atom. The minimum Gasteiger partial charge on any atom is -0.207 e. The van der Waals surface area contributed by atoms with E-state index < -0.39 is 10.0 Å². The summed E-state index contributed by atoms with van der Waals surface area (Å²) in [6, 6.07) is 3.05. The van der Waals surface area contributed by atoms with Crippen molar-refractivity contribution >= 4 is 33.2 Å². The number of piperidine rings is 1. The smallest absolute Gasteiger partial charge is 0.207 e. The van der Waals surface area contributed by atoms with Crippen LogP contribution >= 0.6 is 23.2 Å². The Labute approximate surface area is 124 Å². The first-order chi connectivity index (χ1) is 8.82. The fraction of sp³-hybridized carbons (Fsp3) is 0.538. The van der Waals surface area contributed by atoms with E-state index in [-0.39, 0.29) is 9.92 Å². The summed E-state index contributed by atoms with van der Waals surface area (Å²) in [5.41, 5.74) is 0.632. The van der Waals surface area contributed by atoms with Crippen molar-refractivity contribution in [1.82, 2.24) is 4.31 Å². The molecule has 0 aromatic heterocycles. The van der Waals surface area contributed by atoms with Gasteiger partial charge in [0.1, 0.15) is 0 Å². The molecule has 0 unspecified atom stereocenters. The summed E-state index contributed by atoms with van der Waals surface area (Å²) in [6.45, 7) is 5.03. The van der Waals surface area contributed by atoms with Crippen LogP contribution in [-0.4, -0.2) is 25.8 Å². The molecule has 1 aromatic carbocycles. The molecule has 0 radical (unpaired) electrons. The molecule has 0 aliphatic carbocycles. The number of nitrogens with zero attached hydrogens (tertiary/aromatic N) is 1. The van der Waals surface area contributed by atoms with E-state index in [0.29, 0.717) is 29.6 Å². The Bertz CT molecular complexity index is 579. The first-order valence-corrected chi connectivity index (χ1v) is 8.47. The van der Waals surface area contributed by atoms with Gasteiger partial charge in [0.25, 0.3) is 0 Å². The molecule has 19 heavy (non-hydrogen) atoms. The van der Waals surface area contributed by atoms with Crippen molar-refractivity contribution < 1.29 is 8.42 Å². The maximum Gasteiger partial charge on any atom is 0.243 e. The van der Waals surface area contributed by atoms with Crippen molar-refractivity contribution in [3.8, 4) is 0 Å². The normalized spacial score (nSPS) is 18.7. The Hall–Kier alpha value is -0.290. The summed E-state index contributed by atoms with van der Waals surface area (Å²) >= 11 is 11.8. The number of halogens is 2. The molecule has 1 aliphatic heterocycles. The van der Waals surface area contributed by atoms with Crippen LogP contribution in [-0.2, 0) is 10.0 Å². The lowest BCUT2D eigenvalue weighted by Gasteiger charge is -2.30. The summed E-state index contributed by atoms with van der Waals surface area (Å²) in [5.74, 6) is 0.585. The maximum absolute atomic E-state index is 12.6. The highest BCUT2D eigenvalue weighted by atomic mass is 35.5. The molecule has 1 heterocycles. The van der Waals surface area contributed by atoms with Crippen LogP contribution in [0.2, 0.25) is 10.0 Å². The van der Waals surface area contributed by atoms with Gasteiger partial charge in [-0.2, -0.15) is 4.31 Å². The van der Waals surface area contributed by atoms with Crippen LogP contribution in [0.25, 0.3) is 0 Å². The van der Waals surface area contributed by atoms with E-state index in [1.807, 2.05) is 0 Å². The summed E-state index contributed by atoms with van der Waals surface area (Å²) in [6.07, 6.45) is 1.80. The van der Waals surface area contributed by atoms with Gasteiger partial charge in [-0.05, 0) is 43.4 Å². The van der Waals surface area contributed by atoms with Crippen LogP contribution in [0.3, 0.4) is 0 Å². The van der Waals surface area contributed by atoms with Crippen LogP contribution in [0.15, 0.2) is 17.0 Å². The Morgan fingerprint density at radius 3 is 2.26 bits per heavy atom. The number of hydrogen-bond donors (Lipinski definition) is 0. The highest BCUT2D eigenvalue weighted by Crippen LogP contribution is 2.31. The Morgan fingerprint density at radius 2 is 1.68 bits per heavy atom. The Balaban J connectivity index is 2.37. The van der Waals surface area contributed by atoms with E-state index in [1.54, 1.807) is 17.3 Å². The van der Waals surface area contributed by atoms with Gasteiger partial charge in [0, 0.05) is 13.1 Å². The lowest BCUT2D eigenvalue weighted by atomic mass is 10.0. The second-order valence-electron chi connectivity index (χ2n) is 5.12. The molecule has 2 rings (SSSR count). The SMILES string of the molecule is Cc1cc(Cl)c(Cl)cc1S(=O)(=O)N1CCC(C)CC1. The van der Waals surface area contributed by atoms with Crippen molar-refractivity contribution in [2.24, 2.45) is 5.92 Å². The lowest BCUT2D eigenvalue weighted by molar-refractivity contribution is 0.288. The van der Waals surface area contributed by atoms with Gasteiger partial charge in [-0.1, -0.05) is 30.1 Å². The zero-order chi connectivity index (χ0) is 14.2. The minimum absolute atomic E-state index is 0.261. The van der Waals surface area contributed by atoms with E-state index in [4.69, 9.17) is 23.2 Å². The molecule has 3 nitrogen and oxygen atoms in total. The predicted octanol–water partition coefficient (Wildman–Crippen LogP) is 3.72. The lowest BCUT2D eigenvalue weighted by Crippen LogP contribution is -2.38. The third-order valence-electron chi connectivity index (χ3n) is 3.58. The fourth-order valence-corrected chi connectivity index (χ4v) is 4.42. The number of aryl methyl sites for hydroxylation is 1. The molecule has 0 N–H and O–H groups in total. The number of sulfonamides is 1. The molecule has 0 amide bonds. The maximum atomic E-state index is 12.6. The van der Waals surface area contributed by atoms with Crippen LogP contribution in [0, 0.1) is 12.8 Å². The van der Waals surface area contributed by atoms with E-state index in [2.05, 4.69) is 6.92 Å². The molecule has 106 valence electrons. The highest BCUT2D eigenvalue weighted by molar-refractivity contribution is 7.89. The summed E-state index contributed by atoms with van der Waals surface area (Å²) in [5, 5.41) is 0.654. The average molecular weight is 322 g/mol. The minimum atomic E-state index is -3.47. The largest absolute Gasteiger partial charge is 0.243 e. The molecule has 1 aromatic rings. The van der Waals surface area contributed by atoms with Gasteiger partial charge in [0.15, 0.2) is 0 Å². The van der Waals surface area contributed by atoms with E-state index >= 15 is 0 Å². The quantitative estimate of drug-likeness (QED) is 0.832. The summed E-state index contributed by atoms with van der Waals surface area (Å²) in [7, 11) is -3.47. The van der Waals surface area contributed by atoms with Crippen LogP contribution in [0.4, 0.5) is 0 Å². The van der Waals surface area contributed by atoms with Gasteiger partial charge >= 0.3 is 0 Å². The molecule has 0 spiro atoms. The van der Waals surface area contributed by atoms with Crippen molar-refractivity contribution in [2.45, 2.75) is 31.6 Å². The van der Waals surface area contributed by atoms with Crippen LogP contribution in [0.5, 0.6) is 0 Å². The molecular weight excluding hydrogens is 305 g/mol. The van der Waals surface area contributed by atoms with E-state index in [0.717, 1.165) is 12.8 Å². The molecule has 1 aliphatic rings. The first-order valence-electron chi connectivity index (χ1n) is 6.28. The van der Waals surface area contributed by atoms with Crippen molar-refractivity contribution in [3.05, 3.63) is 27.7 Å². The molecule has 0 atom stereocenters. The third-order valence-corrected chi connectivity index (χ3v) is 6.34. The van der Waals surface area contributed by atoms with Crippen LogP contribution in [0.1, 0.15) is 25.3 Å². The topological polar surface area (TPSA) is 37.4 Å². The Kier molecular flexibility index (Phi) is 4.45. The number of rotatable bonds is 2. The third kappa shape index (κ3) is 3.07. The van der Waals surface area contributed by atoms with Gasteiger partial charge in [0.2, 0.25) is 10.0 Å². The molecule has 6 heteroatoms. The van der Waals surface area contributed by atoms with E-state index in [9.17, 15) is 8.42 Å². The molecule has 1 saturated heterocycles. The summed E-state index contributed by atoms with van der Waals surface area (Å²) < 4.78 is 26.7. The fourth-order valence-electron chi connectivity index (χ4n) is 2.27. The monoisotopic (exact) mass is 321 g/mol. The average Bonchev–Trinajstić information content (AvgIpc) is 2.34. The van der Waals surface area contributed by atoms with Crippen LogP contribution < -0.4 is 0 Å². The molecule has 1 fully saturated rings. The molecular formula is C13H17Cl2NO2S.